The predicted octanol–water partition coefficient (Wildman–Crippen LogP) is 2.94. The molecule has 94 valence electrons. The highest BCUT2D eigenvalue weighted by molar-refractivity contribution is 6.31. The SMILES string of the molecule is O=C(O)c1cc(Cl)cc(NC(=O)C2CC=CC2)c1. The van der Waals surface area contributed by atoms with Crippen molar-refractivity contribution in [1.29, 1.82) is 0 Å². The smallest absolute Gasteiger partial charge is 0.335 e. The van der Waals surface area contributed by atoms with Gasteiger partial charge in [-0.15, -0.1) is 0 Å². The van der Waals surface area contributed by atoms with Crippen LogP contribution in [0, 0.1) is 5.92 Å². The van der Waals surface area contributed by atoms with E-state index in [2.05, 4.69) is 5.32 Å². The van der Waals surface area contributed by atoms with Crippen molar-refractivity contribution in [3.8, 4) is 0 Å². The van der Waals surface area contributed by atoms with Crippen LogP contribution in [-0.2, 0) is 4.79 Å². The molecule has 18 heavy (non-hydrogen) atoms. The highest BCUT2D eigenvalue weighted by Gasteiger charge is 2.19. The van der Waals surface area contributed by atoms with Crippen LogP contribution in [0.15, 0.2) is 30.4 Å². The maximum absolute atomic E-state index is 11.9. The van der Waals surface area contributed by atoms with E-state index in [0.29, 0.717) is 5.69 Å². The van der Waals surface area contributed by atoms with E-state index in [-0.39, 0.29) is 22.4 Å². The summed E-state index contributed by atoms with van der Waals surface area (Å²) in [6, 6.07) is 4.28. The molecule has 1 aliphatic carbocycles. The van der Waals surface area contributed by atoms with Gasteiger partial charge in [-0.05, 0) is 31.0 Å². The Balaban J connectivity index is 2.13. The summed E-state index contributed by atoms with van der Waals surface area (Å²) in [6.45, 7) is 0. The molecule has 0 saturated heterocycles. The summed E-state index contributed by atoms with van der Waals surface area (Å²) < 4.78 is 0. The lowest BCUT2D eigenvalue weighted by Crippen LogP contribution is -2.20. The van der Waals surface area contributed by atoms with Gasteiger partial charge in [0.25, 0.3) is 0 Å². The number of carboxylic acid groups (broad SMARTS) is 1. The van der Waals surface area contributed by atoms with Crippen LogP contribution in [0.25, 0.3) is 0 Å². The average molecular weight is 266 g/mol. The number of allylic oxidation sites excluding steroid dienone is 2. The fraction of sp³-hybridized carbons (Fsp3) is 0.231. The van der Waals surface area contributed by atoms with Gasteiger partial charge in [0, 0.05) is 16.6 Å². The third-order valence-corrected chi connectivity index (χ3v) is 3.01. The van der Waals surface area contributed by atoms with Crippen LogP contribution < -0.4 is 5.32 Å². The molecule has 1 aliphatic rings. The molecular weight excluding hydrogens is 254 g/mol. The number of hydrogen-bond acceptors (Lipinski definition) is 2. The first-order chi connectivity index (χ1) is 8.56. The highest BCUT2D eigenvalue weighted by Crippen LogP contribution is 2.23. The van der Waals surface area contributed by atoms with Crippen molar-refractivity contribution in [1.82, 2.24) is 0 Å². The topological polar surface area (TPSA) is 66.4 Å². The van der Waals surface area contributed by atoms with Crippen LogP contribution in [0.3, 0.4) is 0 Å². The van der Waals surface area contributed by atoms with Gasteiger partial charge in [0.1, 0.15) is 0 Å². The van der Waals surface area contributed by atoms with E-state index in [9.17, 15) is 9.59 Å². The molecule has 2 rings (SSSR count). The zero-order valence-electron chi connectivity index (χ0n) is 9.52. The van der Waals surface area contributed by atoms with Crippen molar-refractivity contribution < 1.29 is 14.7 Å². The first-order valence-electron chi connectivity index (χ1n) is 5.56. The van der Waals surface area contributed by atoms with Gasteiger partial charge in [0.2, 0.25) is 5.91 Å². The molecule has 0 aromatic heterocycles. The molecule has 0 spiro atoms. The summed E-state index contributed by atoms with van der Waals surface area (Å²) in [4.78, 5) is 22.7. The number of halogens is 1. The molecule has 1 amide bonds. The second kappa shape index (κ2) is 5.23. The third kappa shape index (κ3) is 2.90. The van der Waals surface area contributed by atoms with Crippen LogP contribution >= 0.6 is 11.6 Å². The van der Waals surface area contributed by atoms with Gasteiger partial charge >= 0.3 is 5.97 Å². The Kier molecular flexibility index (Phi) is 3.67. The van der Waals surface area contributed by atoms with Crippen molar-refractivity contribution in [3.63, 3.8) is 0 Å². The van der Waals surface area contributed by atoms with E-state index >= 15 is 0 Å². The Hall–Kier alpha value is -1.81. The number of nitrogens with one attached hydrogen (secondary N) is 1. The van der Waals surface area contributed by atoms with E-state index in [0.717, 1.165) is 12.8 Å². The standard InChI is InChI=1S/C13H12ClNO3/c14-10-5-9(13(17)18)6-11(7-10)15-12(16)8-3-1-2-4-8/h1-2,5-8H,3-4H2,(H,15,16)(H,17,18). The van der Waals surface area contributed by atoms with Gasteiger partial charge in [-0.25, -0.2) is 4.79 Å². The lowest BCUT2D eigenvalue weighted by Gasteiger charge is -2.11. The molecule has 0 heterocycles. The maximum Gasteiger partial charge on any atom is 0.335 e. The number of carboxylic acids is 1. The highest BCUT2D eigenvalue weighted by atomic mass is 35.5. The molecule has 0 atom stereocenters. The Morgan fingerprint density at radius 1 is 1.22 bits per heavy atom. The number of rotatable bonds is 3. The molecule has 1 aromatic rings. The number of carbonyl (C=O) groups excluding carboxylic acids is 1. The molecule has 0 aliphatic heterocycles. The Bertz CT molecular complexity index is 517. The lowest BCUT2D eigenvalue weighted by atomic mass is 10.1. The summed E-state index contributed by atoms with van der Waals surface area (Å²) >= 11 is 5.81. The normalized spacial score (nSPS) is 14.7. The van der Waals surface area contributed by atoms with Gasteiger partial charge in [0.15, 0.2) is 0 Å². The third-order valence-electron chi connectivity index (χ3n) is 2.79. The van der Waals surface area contributed by atoms with Gasteiger partial charge in [-0.1, -0.05) is 23.8 Å². The molecule has 0 fully saturated rings. The average Bonchev–Trinajstić information content (AvgIpc) is 2.81. The summed E-state index contributed by atoms with van der Waals surface area (Å²) in [5, 5.41) is 11.9. The largest absolute Gasteiger partial charge is 0.478 e. The zero-order valence-corrected chi connectivity index (χ0v) is 10.3. The van der Waals surface area contributed by atoms with Gasteiger partial charge in [0.05, 0.1) is 5.56 Å². The Morgan fingerprint density at radius 3 is 2.50 bits per heavy atom. The minimum absolute atomic E-state index is 0.0577. The van der Waals surface area contributed by atoms with E-state index < -0.39 is 5.97 Å². The molecule has 0 radical (unpaired) electrons. The number of aromatic carboxylic acids is 1. The second-order valence-corrected chi connectivity index (χ2v) is 4.60. The fourth-order valence-electron chi connectivity index (χ4n) is 1.86. The van der Waals surface area contributed by atoms with Crippen molar-refractivity contribution in [2.45, 2.75) is 12.8 Å². The number of hydrogen-bond donors (Lipinski definition) is 2. The van der Waals surface area contributed by atoms with Crippen LogP contribution in [0.1, 0.15) is 23.2 Å². The molecule has 0 saturated carbocycles. The first-order valence-corrected chi connectivity index (χ1v) is 5.94. The Labute approximate surface area is 109 Å². The summed E-state index contributed by atoms with van der Waals surface area (Å²) in [7, 11) is 0. The van der Waals surface area contributed by atoms with Crippen LogP contribution in [0.5, 0.6) is 0 Å². The lowest BCUT2D eigenvalue weighted by molar-refractivity contribution is -0.119. The van der Waals surface area contributed by atoms with Crippen LogP contribution in [0.2, 0.25) is 5.02 Å². The van der Waals surface area contributed by atoms with E-state index in [1.165, 1.54) is 18.2 Å². The van der Waals surface area contributed by atoms with Crippen molar-refractivity contribution in [2.24, 2.45) is 5.92 Å². The Morgan fingerprint density at radius 2 is 1.89 bits per heavy atom. The molecule has 0 unspecified atom stereocenters. The fourth-order valence-corrected chi connectivity index (χ4v) is 2.10. The minimum atomic E-state index is -1.07. The monoisotopic (exact) mass is 265 g/mol. The van der Waals surface area contributed by atoms with E-state index in [1.54, 1.807) is 0 Å². The summed E-state index contributed by atoms with van der Waals surface area (Å²) in [5.74, 6) is -1.26. The van der Waals surface area contributed by atoms with Crippen molar-refractivity contribution in [2.75, 3.05) is 5.32 Å². The predicted molar refractivity (Wildman–Crippen MR) is 68.9 cm³/mol. The molecule has 4 nitrogen and oxygen atoms in total. The van der Waals surface area contributed by atoms with Gasteiger partial charge in [-0.2, -0.15) is 0 Å². The minimum Gasteiger partial charge on any atom is -0.478 e. The van der Waals surface area contributed by atoms with Crippen LogP contribution in [-0.4, -0.2) is 17.0 Å². The summed E-state index contributed by atoms with van der Waals surface area (Å²) in [6.07, 6.45) is 5.37. The zero-order chi connectivity index (χ0) is 13.1. The quantitative estimate of drug-likeness (QED) is 0.826. The summed E-state index contributed by atoms with van der Waals surface area (Å²) in [5.41, 5.74) is 0.471. The molecule has 5 heteroatoms. The number of amides is 1. The number of benzene rings is 1. The number of anilines is 1. The first kappa shape index (κ1) is 12.6. The molecule has 1 aromatic carbocycles. The maximum atomic E-state index is 11.9. The van der Waals surface area contributed by atoms with Crippen molar-refractivity contribution >= 4 is 29.2 Å². The van der Waals surface area contributed by atoms with E-state index in [4.69, 9.17) is 16.7 Å². The second-order valence-electron chi connectivity index (χ2n) is 4.16. The van der Waals surface area contributed by atoms with Crippen molar-refractivity contribution in [3.05, 3.63) is 40.9 Å². The molecule has 2 N–H and O–H groups in total. The van der Waals surface area contributed by atoms with Gasteiger partial charge < -0.3 is 10.4 Å². The molecule has 0 bridgehead atoms. The number of carbonyl (C=O) groups is 2. The van der Waals surface area contributed by atoms with Gasteiger partial charge in [-0.3, -0.25) is 4.79 Å². The molecular formula is C13H12ClNO3. The van der Waals surface area contributed by atoms with E-state index in [1.807, 2.05) is 12.2 Å². The van der Waals surface area contributed by atoms with Crippen LogP contribution in [0.4, 0.5) is 5.69 Å².